The molecule has 1 atom stereocenters. The zero-order valence-electron chi connectivity index (χ0n) is 19.2. The molecule has 1 aromatic carbocycles. The molecule has 0 saturated carbocycles. The van der Waals surface area contributed by atoms with Crippen molar-refractivity contribution in [1.82, 2.24) is 0 Å². The number of rotatable bonds is 14. The van der Waals surface area contributed by atoms with Crippen molar-refractivity contribution >= 4 is 17.9 Å². The molecule has 166 valence electrons. The molecule has 1 heterocycles. The van der Waals surface area contributed by atoms with E-state index in [1.165, 1.54) is 50.5 Å². The number of hydrogen-bond donors (Lipinski definition) is 0. The summed E-state index contributed by atoms with van der Waals surface area (Å²) in [5, 5.41) is 0. The topological polar surface area (TPSA) is 41.9 Å². The normalized spacial score (nSPS) is 14.5. The van der Waals surface area contributed by atoms with Crippen molar-refractivity contribution in [2.75, 3.05) is 11.4 Å². The van der Waals surface area contributed by atoms with Gasteiger partial charge in [-0.05, 0) is 43.4 Å². The van der Waals surface area contributed by atoms with Crippen LogP contribution in [0, 0.1) is 5.92 Å². The number of esters is 1. The zero-order valence-corrected chi connectivity index (χ0v) is 19.2. The Bertz CT molecular complexity index is 696. The van der Waals surface area contributed by atoms with E-state index in [1.54, 1.807) is 0 Å². The highest BCUT2D eigenvalue weighted by Crippen LogP contribution is 2.22. The van der Waals surface area contributed by atoms with Crippen molar-refractivity contribution in [3.05, 3.63) is 41.9 Å². The SMILES string of the molecule is CCCCCCCCCc1cccc(N2C=C(OC(=O)C(CC)CCC)N=CC2)c1. The highest BCUT2D eigenvalue weighted by atomic mass is 16.5. The molecule has 1 aromatic rings. The van der Waals surface area contributed by atoms with Gasteiger partial charge in [-0.1, -0.05) is 77.8 Å². The first-order chi connectivity index (χ1) is 14.7. The minimum Gasteiger partial charge on any atom is -0.406 e. The molecular weight excluding hydrogens is 372 g/mol. The molecule has 30 heavy (non-hydrogen) atoms. The maximum Gasteiger partial charge on any atom is 0.315 e. The average Bonchev–Trinajstić information content (AvgIpc) is 2.77. The van der Waals surface area contributed by atoms with Crippen molar-refractivity contribution in [1.29, 1.82) is 0 Å². The summed E-state index contributed by atoms with van der Waals surface area (Å²) in [5.74, 6) is 0.169. The molecule has 1 unspecified atom stereocenters. The van der Waals surface area contributed by atoms with E-state index in [9.17, 15) is 4.79 Å². The van der Waals surface area contributed by atoms with Gasteiger partial charge in [-0.15, -0.1) is 0 Å². The number of aryl methyl sites for hydroxylation is 1. The molecule has 0 bridgehead atoms. The lowest BCUT2D eigenvalue weighted by Crippen LogP contribution is -2.24. The second-order valence-corrected chi connectivity index (χ2v) is 8.29. The predicted octanol–water partition coefficient (Wildman–Crippen LogP) is 7.04. The van der Waals surface area contributed by atoms with Crippen LogP contribution in [0.15, 0.2) is 41.3 Å². The van der Waals surface area contributed by atoms with Crippen LogP contribution in [0.3, 0.4) is 0 Å². The third-order valence-corrected chi connectivity index (χ3v) is 5.74. The largest absolute Gasteiger partial charge is 0.406 e. The summed E-state index contributed by atoms with van der Waals surface area (Å²) >= 11 is 0. The fraction of sp³-hybridized carbons (Fsp3) is 0.615. The van der Waals surface area contributed by atoms with E-state index in [0.717, 1.165) is 31.4 Å². The van der Waals surface area contributed by atoms with Crippen LogP contribution in [0.2, 0.25) is 0 Å². The molecule has 0 amide bonds. The third kappa shape index (κ3) is 8.33. The number of unbranched alkanes of at least 4 members (excludes halogenated alkanes) is 6. The molecular formula is C26H40N2O2. The van der Waals surface area contributed by atoms with Crippen LogP contribution < -0.4 is 4.90 Å². The van der Waals surface area contributed by atoms with Crippen LogP contribution in [0.5, 0.6) is 0 Å². The predicted molar refractivity (Wildman–Crippen MR) is 127 cm³/mol. The molecule has 0 radical (unpaired) electrons. The Morgan fingerprint density at radius 2 is 1.83 bits per heavy atom. The lowest BCUT2D eigenvalue weighted by Gasteiger charge is -2.23. The first kappa shape index (κ1) is 24.2. The molecule has 0 aromatic heterocycles. The first-order valence-corrected chi connectivity index (χ1v) is 12.0. The van der Waals surface area contributed by atoms with Crippen LogP contribution >= 0.6 is 0 Å². The Morgan fingerprint density at radius 3 is 2.57 bits per heavy atom. The number of aliphatic imine (C=N–C) groups is 1. The number of benzene rings is 1. The Morgan fingerprint density at radius 1 is 1.07 bits per heavy atom. The van der Waals surface area contributed by atoms with Crippen LogP contribution in [0.4, 0.5) is 5.69 Å². The fourth-order valence-electron chi connectivity index (χ4n) is 3.87. The summed E-state index contributed by atoms with van der Waals surface area (Å²) in [6.07, 6.45) is 16.7. The molecule has 0 saturated heterocycles. The van der Waals surface area contributed by atoms with Gasteiger partial charge in [0.2, 0.25) is 5.88 Å². The molecule has 4 nitrogen and oxygen atoms in total. The smallest absolute Gasteiger partial charge is 0.315 e. The van der Waals surface area contributed by atoms with E-state index in [-0.39, 0.29) is 11.9 Å². The Kier molecular flexibility index (Phi) is 11.3. The van der Waals surface area contributed by atoms with Crippen molar-refractivity contribution in [3.8, 4) is 0 Å². The number of hydrogen-bond acceptors (Lipinski definition) is 4. The molecule has 2 rings (SSSR count). The standard InChI is InChI=1S/C26H40N2O2/c1-4-7-8-9-10-11-12-15-22-16-13-17-24(20-22)28-19-18-27-25(21-28)30-26(29)23(6-3)14-5-2/h13,16-18,20-21,23H,4-12,14-15,19H2,1-3H3. The van der Waals surface area contributed by atoms with Gasteiger partial charge in [-0.3, -0.25) is 4.79 Å². The molecule has 0 spiro atoms. The van der Waals surface area contributed by atoms with Gasteiger partial charge in [-0.25, -0.2) is 4.99 Å². The summed E-state index contributed by atoms with van der Waals surface area (Å²) in [7, 11) is 0. The highest BCUT2D eigenvalue weighted by molar-refractivity contribution is 5.75. The van der Waals surface area contributed by atoms with Crippen LogP contribution in [-0.2, 0) is 16.0 Å². The van der Waals surface area contributed by atoms with Crippen molar-refractivity contribution in [2.24, 2.45) is 10.9 Å². The number of nitrogens with zero attached hydrogens (tertiary/aromatic N) is 2. The zero-order chi connectivity index (χ0) is 21.6. The van der Waals surface area contributed by atoms with Crippen LogP contribution in [0.25, 0.3) is 0 Å². The van der Waals surface area contributed by atoms with E-state index >= 15 is 0 Å². The average molecular weight is 413 g/mol. The molecule has 0 fully saturated rings. The van der Waals surface area contributed by atoms with Gasteiger partial charge < -0.3 is 9.64 Å². The van der Waals surface area contributed by atoms with Crippen LogP contribution in [-0.4, -0.2) is 18.7 Å². The fourth-order valence-corrected chi connectivity index (χ4v) is 3.87. The Balaban J connectivity index is 1.88. The monoisotopic (exact) mass is 412 g/mol. The summed E-state index contributed by atoms with van der Waals surface area (Å²) in [6.45, 7) is 7.07. The third-order valence-electron chi connectivity index (χ3n) is 5.74. The Hall–Kier alpha value is -2.10. The molecule has 0 aliphatic carbocycles. The van der Waals surface area contributed by atoms with Gasteiger partial charge in [0.25, 0.3) is 0 Å². The second kappa shape index (κ2) is 14.0. The van der Waals surface area contributed by atoms with Crippen molar-refractivity contribution in [3.63, 3.8) is 0 Å². The summed E-state index contributed by atoms with van der Waals surface area (Å²) in [5.41, 5.74) is 2.49. The van der Waals surface area contributed by atoms with E-state index in [0.29, 0.717) is 12.4 Å². The van der Waals surface area contributed by atoms with Gasteiger partial charge in [0.15, 0.2) is 0 Å². The quantitative estimate of drug-likeness (QED) is 0.243. The van der Waals surface area contributed by atoms with Gasteiger partial charge in [0, 0.05) is 11.9 Å². The number of ether oxygens (including phenoxy) is 1. The number of carbonyl (C=O) groups excluding carboxylic acids is 1. The summed E-state index contributed by atoms with van der Waals surface area (Å²) in [6, 6.07) is 8.68. The number of anilines is 1. The highest BCUT2D eigenvalue weighted by Gasteiger charge is 2.20. The minimum atomic E-state index is -0.169. The van der Waals surface area contributed by atoms with Gasteiger partial charge in [0.1, 0.15) is 0 Å². The number of carbonyl (C=O) groups is 1. The summed E-state index contributed by atoms with van der Waals surface area (Å²) < 4.78 is 5.58. The lowest BCUT2D eigenvalue weighted by atomic mass is 10.0. The van der Waals surface area contributed by atoms with E-state index in [4.69, 9.17) is 4.74 Å². The van der Waals surface area contributed by atoms with Crippen LogP contribution in [0.1, 0.15) is 90.5 Å². The molecule has 1 aliphatic heterocycles. The van der Waals surface area contributed by atoms with Gasteiger partial charge >= 0.3 is 5.97 Å². The van der Waals surface area contributed by atoms with E-state index in [1.807, 2.05) is 19.3 Å². The van der Waals surface area contributed by atoms with Crippen molar-refractivity contribution < 1.29 is 9.53 Å². The maximum atomic E-state index is 12.4. The van der Waals surface area contributed by atoms with E-state index < -0.39 is 0 Å². The molecule has 4 heteroatoms. The lowest BCUT2D eigenvalue weighted by molar-refractivity contribution is -0.144. The van der Waals surface area contributed by atoms with Gasteiger partial charge in [-0.2, -0.15) is 0 Å². The molecule has 0 N–H and O–H groups in total. The molecule has 1 aliphatic rings. The maximum absolute atomic E-state index is 12.4. The minimum absolute atomic E-state index is 0.0493. The summed E-state index contributed by atoms with van der Waals surface area (Å²) in [4.78, 5) is 18.8. The van der Waals surface area contributed by atoms with E-state index in [2.05, 4.69) is 48.0 Å². The first-order valence-electron chi connectivity index (χ1n) is 12.0. The Labute approximate surface area is 183 Å². The van der Waals surface area contributed by atoms with Crippen molar-refractivity contribution in [2.45, 2.75) is 91.4 Å². The van der Waals surface area contributed by atoms with Gasteiger partial charge in [0.05, 0.1) is 18.7 Å². The second-order valence-electron chi connectivity index (χ2n) is 8.29.